The summed E-state index contributed by atoms with van der Waals surface area (Å²) in [5.74, 6) is 0. The third-order valence-electron chi connectivity index (χ3n) is 2.31. The highest BCUT2D eigenvalue weighted by molar-refractivity contribution is 9.10. The van der Waals surface area contributed by atoms with Gasteiger partial charge in [-0.2, -0.15) is 0 Å². The molecule has 2 nitrogen and oxygen atoms in total. The zero-order chi connectivity index (χ0) is 8.60. The minimum Gasteiger partial charge on any atom is -0.302 e. The van der Waals surface area contributed by atoms with Gasteiger partial charge in [0.1, 0.15) is 10.9 Å². The Morgan fingerprint density at radius 2 is 2.33 bits per heavy atom. The predicted octanol–water partition coefficient (Wildman–Crippen LogP) is 2.07. The fraction of sp³-hybridized carbons (Fsp3) is 0.333. The Hall–Kier alpha value is -0.700. The highest BCUT2D eigenvalue weighted by Gasteiger charge is 2.45. The van der Waals surface area contributed by atoms with Gasteiger partial charge in [-0.1, -0.05) is 6.07 Å². The molecule has 0 atom stereocenters. The molecule has 1 aromatic heterocycles. The molecule has 0 aromatic carbocycles. The van der Waals surface area contributed by atoms with Crippen LogP contribution in [-0.2, 0) is 10.2 Å². The number of pyridine rings is 1. The van der Waals surface area contributed by atoms with Crippen LogP contribution in [0.5, 0.6) is 0 Å². The molecule has 0 amide bonds. The summed E-state index contributed by atoms with van der Waals surface area (Å²) in [6.07, 6.45) is 4.67. The molecule has 0 N–H and O–H groups in total. The smallest absolute Gasteiger partial charge is 0.130 e. The third-order valence-corrected chi connectivity index (χ3v) is 2.94. The Labute approximate surface area is 79.1 Å². The SMILES string of the molecule is O=CC1(c2cccnc2Br)CC1. The maximum atomic E-state index is 10.8. The summed E-state index contributed by atoms with van der Waals surface area (Å²) < 4.78 is 0.801. The Bertz CT molecular complexity index is 320. The summed E-state index contributed by atoms with van der Waals surface area (Å²) in [6, 6.07) is 3.82. The number of carbonyl (C=O) groups is 1. The topological polar surface area (TPSA) is 30.0 Å². The van der Waals surface area contributed by atoms with Crippen molar-refractivity contribution < 1.29 is 4.79 Å². The van der Waals surface area contributed by atoms with E-state index in [1.54, 1.807) is 6.20 Å². The number of hydrogen-bond acceptors (Lipinski definition) is 2. The molecule has 0 spiro atoms. The van der Waals surface area contributed by atoms with Gasteiger partial charge in [-0.25, -0.2) is 4.98 Å². The second-order valence-corrected chi connectivity index (χ2v) is 3.87. The van der Waals surface area contributed by atoms with E-state index >= 15 is 0 Å². The van der Waals surface area contributed by atoms with E-state index in [0.717, 1.165) is 29.3 Å². The maximum Gasteiger partial charge on any atom is 0.130 e. The van der Waals surface area contributed by atoms with Crippen molar-refractivity contribution in [2.45, 2.75) is 18.3 Å². The van der Waals surface area contributed by atoms with Crippen molar-refractivity contribution in [3.63, 3.8) is 0 Å². The van der Waals surface area contributed by atoms with E-state index in [2.05, 4.69) is 20.9 Å². The predicted molar refractivity (Wildman–Crippen MR) is 48.9 cm³/mol. The second-order valence-electron chi connectivity index (χ2n) is 3.12. The van der Waals surface area contributed by atoms with Crippen LogP contribution in [-0.4, -0.2) is 11.3 Å². The monoisotopic (exact) mass is 225 g/mol. The minimum atomic E-state index is -0.215. The normalized spacial score (nSPS) is 18.8. The molecular weight excluding hydrogens is 218 g/mol. The molecule has 1 fully saturated rings. The number of halogens is 1. The molecule has 1 aliphatic rings. The van der Waals surface area contributed by atoms with E-state index in [9.17, 15) is 4.79 Å². The lowest BCUT2D eigenvalue weighted by molar-refractivity contribution is -0.109. The fourth-order valence-corrected chi connectivity index (χ4v) is 1.99. The molecule has 2 rings (SSSR count). The standard InChI is InChI=1S/C9H8BrNO/c10-8-7(2-1-5-11-8)9(6-12)3-4-9/h1-2,5-6H,3-4H2. The Morgan fingerprint density at radius 3 is 2.83 bits per heavy atom. The Morgan fingerprint density at radius 1 is 1.58 bits per heavy atom. The zero-order valence-electron chi connectivity index (χ0n) is 6.46. The lowest BCUT2D eigenvalue weighted by Crippen LogP contribution is -2.08. The zero-order valence-corrected chi connectivity index (χ0v) is 8.04. The van der Waals surface area contributed by atoms with Crippen LogP contribution in [0.15, 0.2) is 22.9 Å². The summed E-state index contributed by atoms with van der Waals surface area (Å²) in [4.78, 5) is 14.9. The number of rotatable bonds is 2. The van der Waals surface area contributed by atoms with Gasteiger partial charge in [-0.15, -0.1) is 0 Å². The van der Waals surface area contributed by atoms with Gasteiger partial charge in [0.05, 0.1) is 5.41 Å². The van der Waals surface area contributed by atoms with E-state index in [4.69, 9.17) is 0 Å². The lowest BCUT2D eigenvalue weighted by atomic mass is 10.0. The van der Waals surface area contributed by atoms with E-state index in [1.807, 2.05) is 12.1 Å². The van der Waals surface area contributed by atoms with Crippen LogP contribution in [0.25, 0.3) is 0 Å². The molecule has 12 heavy (non-hydrogen) atoms. The number of nitrogens with zero attached hydrogens (tertiary/aromatic N) is 1. The molecule has 0 saturated heterocycles. The molecule has 3 heteroatoms. The van der Waals surface area contributed by atoms with Gasteiger partial charge in [-0.05, 0) is 40.4 Å². The van der Waals surface area contributed by atoms with E-state index < -0.39 is 0 Å². The van der Waals surface area contributed by atoms with E-state index in [1.165, 1.54) is 0 Å². The first-order chi connectivity index (χ1) is 5.78. The summed E-state index contributed by atoms with van der Waals surface area (Å²) in [6.45, 7) is 0. The van der Waals surface area contributed by atoms with Crippen LogP contribution in [0.3, 0.4) is 0 Å². The van der Waals surface area contributed by atoms with Gasteiger partial charge in [0.25, 0.3) is 0 Å². The summed E-state index contributed by atoms with van der Waals surface area (Å²) in [5, 5.41) is 0. The highest BCUT2D eigenvalue weighted by atomic mass is 79.9. The summed E-state index contributed by atoms with van der Waals surface area (Å²) in [7, 11) is 0. The molecule has 62 valence electrons. The third kappa shape index (κ3) is 1.08. The highest BCUT2D eigenvalue weighted by Crippen LogP contribution is 2.47. The second kappa shape index (κ2) is 2.66. The van der Waals surface area contributed by atoms with E-state index in [-0.39, 0.29) is 5.41 Å². The number of aldehydes is 1. The van der Waals surface area contributed by atoms with Gasteiger partial charge >= 0.3 is 0 Å². The first kappa shape index (κ1) is 7.92. The van der Waals surface area contributed by atoms with Crippen molar-refractivity contribution in [2.75, 3.05) is 0 Å². The molecule has 1 aromatic rings. The average Bonchev–Trinajstić information content (AvgIpc) is 2.86. The average molecular weight is 226 g/mol. The molecule has 1 aliphatic carbocycles. The van der Waals surface area contributed by atoms with Crippen molar-refractivity contribution in [1.82, 2.24) is 4.98 Å². The minimum absolute atomic E-state index is 0.215. The van der Waals surface area contributed by atoms with Crippen molar-refractivity contribution in [2.24, 2.45) is 0 Å². The number of aromatic nitrogens is 1. The van der Waals surface area contributed by atoms with Crippen molar-refractivity contribution in [1.29, 1.82) is 0 Å². The van der Waals surface area contributed by atoms with Gasteiger partial charge < -0.3 is 4.79 Å². The molecular formula is C9H8BrNO. The van der Waals surface area contributed by atoms with Crippen molar-refractivity contribution in [3.05, 3.63) is 28.5 Å². The molecule has 0 bridgehead atoms. The maximum absolute atomic E-state index is 10.8. The van der Waals surface area contributed by atoms with Crippen molar-refractivity contribution >= 4 is 22.2 Å². The van der Waals surface area contributed by atoms with Gasteiger partial charge in [0.2, 0.25) is 0 Å². The van der Waals surface area contributed by atoms with Crippen LogP contribution >= 0.6 is 15.9 Å². The Balaban J connectivity index is 2.46. The first-order valence-electron chi connectivity index (χ1n) is 3.86. The first-order valence-corrected chi connectivity index (χ1v) is 4.65. The summed E-state index contributed by atoms with van der Waals surface area (Å²) in [5.41, 5.74) is 0.813. The fourth-order valence-electron chi connectivity index (χ4n) is 1.34. The Kier molecular flexibility index (Phi) is 1.76. The quantitative estimate of drug-likeness (QED) is 0.570. The lowest BCUT2D eigenvalue weighted by Gasteiger charge is -2.07. The molecule has 0 unspecified atom stereocenters. The van der Waals surface area contributed by atoms with Crippen LogP contribution in [0.1, 0.15) is 18.4 Å². The van der Waals surface area contributed by atoms with Gasteiger partial charge in [0.15, 0.2) is 0 Å². The van der Waals surface area contributed by atoms with Crippen molar-refractivity contribution in [3.8, 4) is 0 Å². The molecule has 0 radical (unpaired) electrons. The van der Waals surface area contributed by atoms with Crippen LogP contribution in [0.2, 0.25) is 0 Å². The van der Waals surface area contributed by atoms with Gasteiger partial charge in [-0.3, -0.25) is 0 Å². The molecule has 0 aliphatic heterocycles. The number of carbonyl (C=O) groups excluding carboxylic acids is 1. The van der Waals surface area contributed by atoms with Crippen LogP contribution in [0.4, 0.5) is 0 Å². The van der Waals surface area contributed by atoms with Crippen LogP contribution in [0, 0.1) is 0 Å². The largest absolute Gasteiger partial charge is 0.302 e. The van der Waals surface area contributed by atoms with Gasteiger partial charge in [0, 0.05) is 6.20 Å². The summed E-state index contributed by atoms with van der Waals surface area (Å²) >= 11 is 3.34. The van der Waals surface area contributed by atoms with E-state index in [0.29, 0.717) is 0 Å². The molecule has 1 saturated carbocycles. The molecule has 1 heterocycles. The number of hydrogen-bond donors (Lipinski definition) is 0. The van der Waals surface area contributed by atoms with Crippen LogP contribution < -0.4 is 0 Å².